The standard InChI is InChI=1S/C13H9ClF2N2O2.C2H6/c1-5-2-8(16)6(3-7(5)15)10-4-9(17)11(14)12(18-10)13(19)20;1-2/h2-4H,1H3,(H2,17,18)(H,19,20);1-2H3. The van der Waals surface area contributed by atoms with Crippen LogP contribution in [0.3, 0.4) is 0 Å². The van der Waals surface area contributed by atoms with Gasteiger partial charge in [0.25, 0.3) is 0 Å². The first kappa shape index (κ1) is 17.8. The van der Waals surface area contributed by atoms with E-state index in [1.807, 2.05) is 13.8 Å². The molecular formula is C15H15ClF2N2O2. The molecule has 0 saturated heterocycles. The van der Waals surface area contributed by atoms with E-state index in [0.29, 0.717) is 0 Å². The van der Waals surface area contributed by atoms with Crippen molar-refractivity contribution in [1.82, 2.24) is 4.98 Å². The molecule has 0 aliphatic carbocycles. The molecule has 4 nitrogen and oxygen atoms in total. The summed E-state index contributed by atoms with van der Waals surface area (Å²) < 4.78 is 27.4. The number of nitrogens with two attached hydrogens (primary N) is 1. The van der Waals surface area contributed by atoms with Gasteiger partial charge in [0.1, 0.15) is 11.6 Å². The van der Waals surface area contributed by atoms with E-state index in [9.17, 15) is 13.6 Å². The van der Waals surface area contributed by atoms with Crippen molar-refractivity contribution >= 4 is 23.3 Å². The number of carboxylic acids is 1. The Hall–Kier alpha value is -2.21. The maximum atomic E-state index is 13.9. The average molecular weight is 329 g/mol. The summed E-state index contributed by atoms with van der Waals surface area (Å²) in [5.41, 5.74) is 4.83. The van der Waals surface area contributed by atoms with Gasteiger partial charge in [0, 0.05) is 5.56 Å². The van der Waals surface area contributed by atoms with Crippen LogP contribution < -0.4 is 5.73 Å². The van der Waals surface area contributed by atoms with Crippen molar-refractivity contribution in [2.24, 2.45) is 0 Å². The Morgan fingerprint density at radius 3 is 2.36 bits per heavy atom. The lowest BCUT2D eigenvalue weighted by Gasteiger charge is -2.09. The van der Waals surface area contributed by atoms with Gasteiger partial charge >= 0.3 is 5.97 Å². The number of nitrogen functional groups attached to an aromatic ring is 1. The zero-order valence-electron chi connectivity index (χ0n) is 12.2. The van der Waals surface area contributed by atoms with Crippen molar-refractivity contribution in [2.45, 2.75) is 20.8 Å². The van der Waals surface area contributed by atoms with Crippen molar-refractivity contribution in [2.75, 3.05) is 5.73 Å². The second kappa shape index (κ2) is 7.17. The molecule has 0 bridgehead atoms. The molecule has 0 saturated carbocycles. The number of aromatic nitrogens is 1. The summed E-state index contributed by atoms with van der Waals surface area (Å²) in [6, 6.07) is 3.13. The first-order valence-corrected chi connectivity index (χ1v) is 6.84. The molecule has 0 amide bonds. The van der Waals surface area contributed by atoms with E-state index < -0.39 is 23.3 Å². The Kier molecular flexibility index (Phi) is 5.82. The van der Waals surface area contributed by atoms with Crippen LogP contribution in [0.15, 0.2) is 18.2 Å². The zero-order chi connectivity index (χ0) is 17.0. The third-order valence-corrected chi connectivity index (χ3v) is 3.11. The van der Waals surface area contributed by atoms with E-state index in [4.69, 9.17) is 22.4 Å². The molecule has 2 rings (SSSR count). The van der Waals surface area contributed by atoms with Gasteiger partial charge in [-0.25, -0.2) is 18.6 Å². The fourth-order valence-corrected chi connectivity index (χ4v) is 1.85. The molecular weight excluding hydrogens is 314 g/mol. The molecule has 0 aliphatic heterocycles. The van der Waals surface area contributed by atoms with Crippen LogP contribution in [-0.4, -0.2) is 16.1 Å². The molecule has 0 spiro atoms. The van der Waals surface area contributed by atoms with Gasteiger partial charge in [-0.05, 0) is 30.7 Å². The number of rotatable bonds is 2. The van der Waals surface area contributed by atoms with Gasteiger partial charge in [-0.2, -0.15) is 0 Å². The average Bonchev–Trinajstić information content (AvgIpc) is 2.47. The molecule has 2 aromatic rings. The van der Waals surface area contributed by atoms with Gasteiger partial charge in [0.15, 0.2) is 5.69 Å². The number of carboxylic acid groups (broad SMARTS) is 1. The molecule has 3 N–H and O–H groups in total. The molecule has 118 valence electrons. The number of hydrogen-bond donors (Lipinski definition) is 2. The van der Waals surface area contributed by atoms with Crippen molar-refractivity contribution in [3.63, 3.8) is 0 Å². The molecule has 0 atom stereocenters. The highest BCUT2D eigenvalue weighted by Gasteiger charge is 2.18. The van der Waals surface area contributed by atoms with Crippen LogP contribution in [0.25, 0.3) is 11.3 Å². The summed E-state index contributed by atoms with van der Waals surface area (Å²) in [4.78, 5) is 14.7. The van der Waals surface area contributed by atoms with Crippen molar-refractivity contribution in [3.05, 3.63) is 46.1 Å². The molecule has 22 heavy (non-hydrogen) atoms. The Bertz CT molecular complexity index is 721. The summed E-state index contributed by atoms with van der Waals surface area (Å²) in [5.74, 6) is -2.76. The Labute approximate surface area is 131 Å². The number of anilines is 1. The third kappa shape index (κ3) is 3.51. The molecule has 0 fully saturated rings. The predicted molar refractivity (Wildman–Crippen MR) is 82.1 cm³/mol. The van der Waals surface area contributed by atoms with Gasteiger partial charge in [-0.3, -0.25) is 0 Å². The quantitative estimate of drug-likeness (QED) is 0.862. The molecule has 0 aliphatic rings. The smallest absolute Gasteiger partial charge is 0.356 e. The monoisotopic (exact) mass is 328 g/mol. The van der Waals surface area contributed by atoms with Crippen molar-refractivity contribution in [1.29, 1.82) is 0 Å². The fraction of sp³-hybridized carbons (Fsp3) is 0.200. The van der Waals surface area contributed by atoms with Crippen molar-refractivity contribution < 1.29 is 18.7 Å². The summed E-state index contributed by atoms with van der Waals surface area (Å²) in [5, 5.41) is 8.72. The molecule has 1 aromatic heterocycles. The third-order valence-electron chi connectivity index (χ3n) is 2.71. The highest BCUT2D eigenvalue weighted by atomic mass is 35.5. The van der Waals surface area contributed by atoms with Crippen LogP contribution in [0.2, 0.25) is 5.02 Å². The number of carbonyl (C=O) groups is 1. The zero-order valence-corrected chi connectivity index (χ0v) is 13.0. The van der Waals surface area contributed by atoms with Crippen LogP contribution >= 0.6 is 11.6 Å². The maximum Gasteiger partial charge on any atom is 0.356 e. The van der Waals surface area contributed by atoms with Crippen LogP contribution in [0.5, 0.6) is 0 Å². The van der Waals surface area contributed by atoms with E-state index in [1.165, 1.54) is 13.0 Å². The molecule has 7 heteroatoms. The second-order valence-electron chi connectivity index (χ2n) is 4.15. The van der Waals surface area contributed by atoms with Gasteiger partial charge < -0.3 is 10.8 Å². The van der Waals surface area contributed by atoms with E-state index in [0.717, 1.165) is 12.1 Å². The summed E-state index contributed by atoms with van der Waals surface area (Å²) >= 11 is 5.71. The number of aryl methyl sites for hydroxylation is 1. The van der Waals surface area contributed by atoms with Gasteiger partial charge in [0.05, 0.1) is 16.4 Å². The summed E-state index contributed by atoms with van der Waals surface area (Å²) in [7, 11) is 0. The van der Waals surface area contributed by atoms with Gasteiger partial charge in [0.2, 0.25) is 0 Å². The van der Waals surface area contributed by atoms with E-state index >= 15 is 0 Å². The molecule has 0 radical (unpaired) electrons. The molecule has 1 heterocycles. The SMILES string of the molecule is CC.Cc1cc(F)c(-c2cc(N)c(Cl)c(C(=O)O)n2)cc1F. The van der Waals surface area contributed by atoms with Crippen LogP contribution in [0.4, 0.5) is 14.5 Å². The largest absolute Gasteiger partial charge is 0.476 e. The summed E-state index contributed by atoms with van der Waals surface area (Å²) in [6.45, 7) is 5.41. The number of hydrogen-bond acceptors (Lipinski definition) is 3. The summed E-state index contributed by atoms with van der Waals surface area (Å²) in [6.07, 6.45) is 0. The minimum absolute atomic E-state index is 0.0746. The Morgan fingerprint density at radius 2 is 1.82 bits per heavy atom. The van der Waals surface area contributed by atoms with Crippen LogP contribution in [0.1, 0.15) is 29.9 Å². The van der Waals surface area contributed by atoms with Gasteiger partial charge in [-0.1, -0.05) is 25.4 Å². The van der Waals surface area contributed by atoms with E-state index in [1.54, 1.807) is 0 Å². The second-order valence-corrected chi connectivity index (χ2v) is 4.52. The maximum absolute atomic E-state index is 13.9. The van der Waals surface area contributed by atoms with E-state index in [2.05, 4.69) is 4.98 Å². The lowest BCUT2D eigenvalue weighted by atomic mass is 10.1. The number of halogens is 3. The van der Waals surface area contributed by atoms with E-state index in [-0.39, 0.29) is 27.5 Å². The number of benzene rings is 1. The first-order chi connectivity index (χ1) is 10.3. The number of nitrogens with zero attached hydrogens (tertiary/aromatic N) is 1. The lowest BCUT2D eigenvalue weighted by molar-refractivity contribution is 0.0691. The highest BCUT2D eigenvalue weighted by Crippen LogP contribution is 2.30. The van der Waals surface area contributed by atoms with Crippen molar-refractivity contribution in [3.8, 4) is 11.3 Å². The number of pyridine rings is 1. The number of aromatic carboxylic acids is 1. The first-order valence-electron chi connectivity index (χ1n) is 6.46. The lowest BCUT2D eigenvalue weighted by Crippen LogP contribution is -2.06. The molecule has 1 aromatic carbocycles. The highest BCUT2D eigenvalue weighted by molar-refractivity contribution is 6.35. The minimum Gasteiger partial charge on any atom is -0.476 e. The van der Waals surface area contributed by atoms with Crippen LogP contribution in [-0.2, 0) is 0 Å². The normalized spacial score (nSPS) is 9.91. The van der Waals surface area contributed by atoms with Crippen LogP contribution in [0, 0.1) is 18.6 Å². The topological polar surface area (TPSA) is 76.2 Å². The minimum atomic E-state index is -1.41. The molecule has 0 unspecified atom stereocenters. The van der Waals surface area contributed by atoms with Gasteiger partial charge in [-0.15, -0.1) is 0 Å². The fourth-order valence-electron chi connectivity index (χ4n) is 1.67. The Morgan fingerprint density at radius 1 is 1.23 bits per heavy atom. The Balaban J connectivity index is 0.00000116. The predicted octanol–water partition coefficient (Wildman–Crippen LogP) is 4.30.